The van der Waals surface area contributed by atoms with E-state index in [9.17, 15) is 18.0 Å². The van der Waals surface area contributed by atoms with E-state index in [2.05, 4.69) is 9.47 Å². The number of aryl methyl sites for hydroxylation is 1. The summed E-state index contributed by atoms with van der Waals surface area (Å²) < 4.78 is 51.8. The van der Waals surface area contributed by atoms with Gasteiger partial charge in [-0.1, -0.05) is 12.1 Å². The lowest BCUT2D eigenvalue weighted by Crippen LogP contribution is -2.17. The molecule has 0 aliphatic rings. The van der Waals surface area contributed by atoms with E-state index in [1.54, 1.807) is 30.3 Å². The van der Waals surface area contributed by atoms with Crippen molar-refractivity contribution in [1.82, 2.24) is 0 Å². The monoisotopic (exact) mass is 350 g/mol. The first kappa shape index (κ1) is 16.9. The van der Waals surface area contributed by atoms with Crippen molar-refractivity contribution in [2.75, 3.05) is 7.11 Å². The van der Waals surface area contributed by atoms with E-state index in [4.69, 9.17) is 4.42 Å². The van der Waals surface area contributed by atoms with E-state index < -0.39 is 12.3 Å². The number of fused-ring (bicyclic) bond motifs is 1. The summed E-state index contributed by atoms with van der Waals surface area (Å²) in [6, 6.07) is 10.9. The largest absolute Gasteiger partial charge is 0.573 e. The molecule has 0 N–H and O–H groups in total. The molecule has 0 fully saturated rings. The van der Waals surface area contributed by atoms with Gasteiger partial charge in [0.15, 0.2) is 0 Å². The summed E-state index contributed by atoms with van der Waals surface area (Å²) in [5.41, 5.74) is 1.67. The minimum Gasteiger partial charge on any atom is -0.465 e. The Bertz CT molecular complexity index is 941. The number of esters is 1. The van der Waals surface area contributed by atoms with Crippen LogP contribution in [0.3, 0.4) is 0 Å². The Hall–Kier alpha value is -2.96. The van der Waals surface area contributed by atoms with Crippen LogP contribution in [0.5, 0.6) is 5.75 Å². The Morgan fingerprint density at radius 2 is 1.88 bits per heavy atom. The van der Waals surface area contributed by atoms with Gasteiger partial charge in [-0.2, -0.15) is 0 Å². The van der Waals surface area contributed by atoms with Gasteiger partial charge in [0.05, 0.1) is 12.7 Å². The Balaban J connectivity index is 2.03. The zero-order valence-corrected chi connectivity index (χ0v) is 13.3. The quantitative estimate of drug-likeness (QED) is 0.617. The van der Waals surface area contributed by atoms with Gasteiger partial charge in [0, 0.05) is 10.9 Å². The standard InChI is InChI=1S/C18H13F3O4/c1-10-6-15-13(8-14(10)25-18(19,20)21)9-16(24-15)11-4-3-5-12(7-11)17(22)23-2/h3-9H,1-2H3. The Kier molecular flexibility index (Phi) is 4.16. The van der Waals surface area contributed by atoms with E-state index >= 15 is 0 Å². The van der Waals surface area contributed by atoms with Gasteiger partial charge in [-0.25, -0.2) is 4.79 Å². The molecule has 0 aliphatic heterocycles. The lowest BCUT2D eigenvalue weighted by molar-refractivity contribution is -0.274. The second-order valence-corrected chi connectivity index (χ2v) is 5.39. The molecule has 3 rings (SSSR count). The topological polar surface area (TPSA) is 48.7 Å². The first-order chi connectivity index (χ1) is 11.8. The van der Waals surface area contributed by atoms with Crippen LogP contribution in [-0.4, -0.2) is 19.4 Å². The van der Waals surface area contributed by atoms with Gasteiger partial charge >= 0.3 is 12.3 Å². The van der Waals surface area contributed by atoms with Crippen LogP contribution in [0.4, 0.5) is 13.2 Å². The summed E-state index contributed by atoms with van der Waals surface area (Å²) in [4.78, 5) is 11.6. The molecule has 0 unspecified atom stereocenters. The zero-order chi connectivity index (χ0) is 18.2. The highest BCUT2D eigenvalue weighted by molar-refractivity contribution is 5.91. The van der Waals surface area contributed by atoms with Crippen LogP contribution >= 0.6 is 0 Å². The molecule has 7 heteroatoms. The molecular formula is C18H13F3O4. The number of ether oxygens (including phenoxy) is 2. The molecule has 0 saturated carbocycles. The third-order valence-electron chi connectivity index (χ3n) is 3.61. The van der Waals surface area contributed by atoms with Crippen LogP contribution < -0.4 is 4.74 Å². The summed E-state index contributed by atoms with van der Waals surface area (Å²) in [5, 5.41) is 0.461. The molecule has 0 saturated heterocycles. The Morgan fingerprint density at radius 1 is 1.12 bits per heavy atom. The molecule has 1 aromatic heterocycles. The van der Waals surface area contributed by atoms with Crippen molar-refractivity contribution in [3.8, 4) is 17.1 Å². The van der Waals surface area contributed by atoms with Gasteiger partial charge in [-0.3, -0.25) is 0 Å². The molecule has 130 valence electrons. The van der Waals surface area contributed by atoms with Crippen LogP contribution in [0, 0.1) is 6.92 Å². The predicted molar refractivity (Wildman–Crippen MR) is 84.4 cm³/mol. The minimum atomic E-state index is -4.76. The summed E-state index contributed by atoms with van der Waals surface area (Å²) >= 11 is 0. The number of furan rings is 1. The van der Waals surface area contributed by atoms with Crippen molar-refractivity contribution in [3.05, 3.63) is 53.6 Å². The van der Waals surface area contributed by atoms with Crippen molar-refractivity contribution in [2.24, 2.45) is 0 Å². The second-order valence-electron chi connectivity index (χ2n) is 5.39. The lowest BCUT2D eigenvalue weighted by Gasteiger charge is -2.10. The number of methoxy groups -OCH3 is 1. The van der Waals surface area contributed by atoms with Gasteiger partial charge in [0.25, 0.3) is 0 Å². The fourth-order valence-electron chi connectivity index (χ4n) is 2.46. The molecule has 25 heavy (non-hydrogen) atoms. The van der Waals surface area contributed by atoms with E-state index in [-0.39, 0.29) is 5.75 Å². The highest BCUT2D eigenvalue weighted by Crippen LogP contribution is 2.34. The molecular weight excluding hydrogens is 337 g/mol. The van der Waals surface area contributed by atoms with Crippen LogP contribution in [0.1, 0.15) is 15.9 Å². The van der Waals surface area contributed by atoms with E-state index in [0.717, 1.165) is 0 Å². The molecule has 0 radical (unpaired) electrons. The number of carbonyl (C=O) groups excluding carboxylic acids is 1. The average Bonchev–Trinajstić information content (AvgIpc) is 2.96. The number of hydrogen-bond donors (Lipinski definition) is 0. The minimum absolute atomic E-state index is 0.282. The second kappa shape index (κ2) is 6.16. The molecule has 0 spiro atoms. The molecule has 3 aromatic rings. The van der Waals surface area contributed by atoms with Crippen molar-refractivity contribution in [3.63, 3.8) is 0 Å². The number of benzene rings is 2. The first-order valence-corrected chi connectivity index (χ1v) is 7.25. The highest BCUT2D eigenvalue weighted by Gasteiger charge is 2.32. The van der Waals surface area contributed by atoms with Gasteiger partial charge < -0.3 is 13.9 Å². The predicted octanol–water partition coefficient (Wildman–Crippen LogP) is 5.09. The molecule has 2 aromatic carbocycles. The summed E-state index contributed by atoms with van der Waals surface area (Å²) in [6.45, 7) is 1.50. The molecule has 0 aliphatic carbocycles. The third-order valence-corrected chi connectivity index (χ3v) is 3.61. The molecule has 0 amide bonds. The normalized spacial score (nSPS) is 11.6. The molecule has 0 bridgehead atoms. The Labute approximate surface area is 140 Å². The molecule has 1 heterocycles. The summed E-state index contributed by atoms with van der Waals surface area (Å²) in [6.07, 6.45) is -4.76. The number of carbonyl (C=O) groups is 1. The number of alkyl halides is 3. The average molecular weight is 350 g/mol. The van der Waals surface area contributed by atoms with E-state index in [1.165, 1.54) is 26.2 Å². The van der Waals surface area contributed by atoms with Gasteiger partial charge in [0.2, 0.25) is 0 Å². The van der Waals surface area contributed by atoms with Crippen molar-refractivity contribution in [2.45, 2.75) is 13.3 Å². The van der Waals surface area contributed by atoms with Crippen molar-refractivity contribution < 1.29 is 31.9 Å². The third kappa shape index (κ3) is 3.60. The highest BCUT2D eigenvalue weighted by atomic mass is 19.4. The number of rotatable bonds is 3. The maximum Gasteiger partial charge on any atom is 0.573 e. The van der Waals surface area contributed by atoms with Gasteiger partial charge in [0.1, 0.15) is 17.1 Å². The van der Waals surface area contributed by atoms with Crippen LogP contribution in [0.15, 0.2) is 46.9 Å². The first-order valence-electron chi connectivity index (χ1n) is 7.25. The molecule has 4 nitrogen and oxygen atoms in total. The summed E-state index contributed by atoms with van der Waals surface area (Å²) in [7, 11) is 1.28. The van der Waals surface area contributed by atoms with Crippen LogP contribution in [0.2, 0.25) is 0 Å². The van der Waals surface area contributed by atoms with Crippen LogP contribution in [0.25, 0.3) is 22.3 Å². The fraction of sp³-hybridized carbons (Fsp3) is 0.167. The van der Waals surface area contributed by atoms with Crippen LogP contribution in [-0.2, 0) is 4.74 Å². The SMILES string of the molecule is COC(=O)c1cccc(-c2cc3cc(OC(F)(F)F)c(C)cc3o2)c1. The van der Waals surface area contributed by atoms with Gasteiger partial charge in [-0.05, 0) is 42.8 Å². The Morgan fingerprint density at radius 3 is 2.56 bits per heavy atom. The maximum absolute atomic E-state index is 12.5. The smallest absolute Gasteiger partial charge is 0.465 e. The summed E-state index contributed by atoms with van der Waals surface area (Å²) in [5.74, 6) is -0.352. The van der Waals surface area contributed by atoms with E-state index in [1.807, 2.05) is 0 Å². The number of hydrogen-bond acceptors (Lipinski definition) is 4. The fourth-order valence-corrected chi connectivity index (χ4v) is 2.46. The number of halogens is 3. The van der Waals surface area contributed by atoms with Crippen molar-refractivity contribution in [1.29, 1.82) is 0 Å². The van der Waals surface area contributed by atoms with Gasteiger partial charge in [-0.15, -0.1) is 13.2 Å². The maximum atomic E-state index is 12.5. The lowest BCUT2D eigenvalue weighted by atomic mass is 10.1. The zero-order valence-electron chi connectivity index (χ0n) is 13.3. The molecule has 0 atom stereocenters. The van der Waals surface area contributed by atoms with E-state index in [0.29, 0.717) is 33.4 Å². The van der Waals surface area contributed by atoms with Crippen molar-refractivity contribution >= 4 is 16.9 Å².